The predicted octanol–water partition coefficient (Wildman–Crippen LogP) is 3.42. The molecule has 1 aliphatic heterocycles. The topological polar surface area (TPSA) is 37.3 Å². The molecule has 0 aliphatic carbocycles. The van der Waals surface area contributed by atoms with Crippen LogP contribution in [-0.2, 0) is 17.9 Å². The van der Waals surface area contributed by atoms with Crippen molar-refractivity contribution in [2.45, 2.75) is 32.0 Å². The predicted molar refractivity (Wildman–Crippen MR) is 105 cm³/mol. The van der Waals surface area contributed by atoms with Gasteiger partial charge in [-0.15, -0.1) is 0 Å². The number of carbonyl (C=O) groups is 1. The van der Waals surface area contributed by atoms with Gasteiger partial charge in [-0.1, -0.05) is 48.5 Å². The monoisotopic (exact) mass is 347 g/mol. The van der Waals surface area contributed by atoms with Crippen LogP contribution in [0.15, 0.2) is 66.9 Å². The number of carbonyl (C=O) groups excluding carboxylic acids is 1. The van der Waals surface area contributed by atoms with E-state index in [2.05, 4.69) is 63.4 Å². The third kappa shape index (κ3) is 3.97. The van der Waals surface area contributed by atoms with Gasteiger partial charge in [-0.3, -0.25) is 9.69 Å². The zero-order valence-corrected chi connectivity index (χ0v) is 15.0. The number of aromatic nitrogens is 1. The minimum atomic E-state index is 0.148. The normalized spacial score (nSPS) is 17.6. The van der Waals surface area contributed by atoms with Crippen molar-refractivity contribution in [1.29, 1.82) is 0 Å². The van der Waals surface area contributed by atoms with E-state index in [1.54, 1.807) is 0 Å². The number of para-hydroxylation sites is 1. The number of likely N-dealkylation sites (tertiary alicyclic amines) is 1. The van der Waals surface area contributed by atoms with Crippen LogP contribution in [0.1, 0.15) is 18.4 Å². The standard InChI is InChI=1S/C22H25N3O/c26-22(12-15-25-14-10-19-8-4-5-9-21(19)25)23-20-11-13-24(17-20)16-18-6-2-1-3-7-18/h1-10,14,20H,11-13,15-17H2,(H,23,26). The average molecular weight is 347 g/mol. The van der Waals surface area contributed by atoms with Gasteiger partial charge in [0.1, 0.15) is 0 Å². The third-order valence-corrected chi connectivity index (χ3v) is 5.15. The summed E-state index contributed by atoms with van der Waals surface area (Å²) in [5.74, 6) is 0.148. The molecule has 1 saturated heterocycles. The summed E-state index contributed by atoms with van der Waals surface area (Å²) in [5.41, 5.74) is 2.52. The molecule has 0 saturated carbocycles. The van der Waals surface area contributed by atoms with Crippen molar-refractivity contribution >= 4 is 16.8 Å². The summed E-state index contributed by atoms with van der Waals surface area (Å²) in [6.07, 6.45) is 3.62. The summed E-state index contributed by atoms with van der Waals surface area (Å²) in [7, 11) is 0. The summed E-state index contributed by atoms with van der Waals surface area (Å²) < 4.78 is 2.16. The molecule has 1 unspecified atom stereocenters. The zero-order chi connectivity index (χ0) is 17.8. The molecule has 2 aromatic carbocycles. The van der Waals surface area contributed by atoms with Crippen LogP contribution in [0.4, 0.5) is 0 Å². The Kier molecular flexibility index (Phi) is 5.02. The van der Waals surface area contributed by atoms with E-state index >= 15 is 0 Å². The molecule has 4 rings (SSSR count). The molecule has 0 bridgehead atoms. The van der Waals surface area contributed by atoms with E-state index < -0.39 is 0 Å². The van der Waals surface area contributed by atoms with Crippen molar-refractivity contribution in [3.8, 4) is 0 Å². The van der Waals surface area contributed by atoms with Crippen molar-refractivity contribution in [2.24, 2.45) is 0 Å². The van der Waals surface area contributed by atoms with Crippen LogP contribution < -0.4 is 5.32 Å². The van der Waals surface area contributed by atoms with Crippen molar-refractivity contribution in [1.82, 2.24) is 14.8 Å². The van der Waals surface area contributed by atoms with Gasteiger partial charge in [0.2, 0.25) is 5.91 Å². The molecule has 1 N–H and O–H groups in total. The number of aryl methyl sites for hydroxylation is 1. The van der Waals surface area contributed by atoms with Gasteiger partial charge in [0.25, 0.3) is 0 Å². The molecular formula is C22H25N3O. The molecule has 26 heavy (non-hydrogen) atoms. The Balaban J connectivity index is 1.25. The maximum atomic E-state index is 12.4. The van der Waals surface area contributed by atoms with E-state index in [1.165, 1.54) is 16.5 Å². The Bertz CT molecular complexity index is 871. The minimum absolute atomic E-state index is 0.148. The number of hydrogen-bond donors (Lipinski definition) is 1. The lowest BCUT2D eigenvalue weighted by Crippen LogP contribution is -2.37. The van der Waals surface area contributed by atoms with E-state index in [0.29, 0.717) is 6.42 Å². The van der Waals surface area contributed by atoms with Crippen molar-refractivity contribution in [2.75, 3.05) is 13.1 Å². The molecule has 0 spiro atoms. The molecule has 3 aromatic rings. The molecule has 1 aromatic heterocycles. The summed E-state index contributed by atoms with van der Waals surface area (Å²) in [6, 6.07) is 21.2. The van der Waals surface area contributed by atoms with E-state index in [4.69, 9.17) is 0 Å². The molecule has 1 aliphatic rings. The van der Waals surface area contributed by atoms with E-state index in [9.17, 15) is 4.79 Å². The third-order valence-electron chi connectivity index (χ3n) is 5.15. The quantitative estimate of drug-likeness (QED) is 0.742. The highest BCUT2D eigenvalue weighted by Crippen LogP contribution is 2.16. The lowest BCUT2D eigenvalue weighted by molar-refractivity contribution is -0.121. The molecule has 4 nitrogen and oxygen atoms in total. The summed E-state index contributed by atoms with van der Waals surface area (Å²) in [5, 5.41) is 4.43. The molecule has 1 amide bonds. The largest absolute Gasteiger partial charge is 0.352 e. The number of benzene rings is 2. The molecule has 134 valence electrons. The Morgan fingerprint density at radius 2 is 1.85 bits per heavy atom. The van der Waals surface area contributed by atoms with Gasteiger partial charge < -0.3 is 9.88 Å². The summed E-state index contributed by atoms with van der Waals surface area (Å²) in [4.78, 5) is 14.8. The van der Waals surface area contributed by atoms with Gasteiger partial charge in [-0.05, 0) is 29.5 Å². The highest BCUT2D eigenvalue weighted by Gasteiger charge is 2.23. The Labute approximate surface area is 154 Å². The van der Waals surface area contributed by atoms with Gasteiger partial charge in [0.15, 0.2) is 0 Å². The first-order valence-electron chi connectivity index (χ1n) is 9.37. The molecule has 4 heteroatoms. The Morgan fingerprint density at radius 1 is 1.04 bits per heavy atom. The zero-order valence-electron chi connectivity index (χ0n) is 15.0. The second-order valence-corrected chi connectivity index (χ2v) is 7.09. The number of hydrogen-bond acceptors (Lipinski definition) is 2. The first-order valence-corrected chi connectivity index (χ1v) is 9.37. The van der Waals surface area contributed by atoms with Crippen LogP contribution in [-0.4, -0.2) is 34.5 Å². The fraction of sp³-hybridized carbons (Fsp3) is 0.318. The van der Waals surface area contributed by atoms with Crippen LogP contribution in [0, 0.1) is 0 Å². The highest BCUT2D eigenvalue weighted by molar-refractivity contribution is 5.80. The molecule has 1 fully saturated rings. The Hall–Kier alpha value is -2.59. The van der Waals surface area contributed by atoms with Crippen LogP contribution >= 0.6 is 0 Å². The van der Waals surface area contributed by atoms with Crippen molar-refractivity contribution < 1.29 is 4.79 Å². The highest BCUT2D eigenvalue weighted by atomic mass is 16.1. The molecule has 2 heterocycles. The van der Waals surface area contributed by atoms with E-state index in [1.807, 2.05) is 18.2 Å². The maximum absolute atomic E-state index is 12.4. The number of fused-ring (bicyclic) bond motifs is 1. The molecular weight excluding hydrogens is 322 g/mol. The fourth-order valence-electron chi connectivity index (χ4n) is 3.79. The average Bonchev–Trinajstić information content (AvgIpc) is 3.28. The lowest BCUT2D eigenvalue weighted by Gasteiger charge is -2.17. The van der Waals surface area contributed by atoms with Gasteiger partial charge in [0.05, 0.1) is 0 Å². The van der Waals surface area contributed by atoms with Crippen molar-refractivity contribution in [3.63, 3.8) is 0 Å². The smallest absolute Gasteiger partial charge is 0.222 e. The van der Waals surface area contributed by atoms with Gasteiger partial charge in [-0.25, -0.2) is 0 Å². The maximum Gasteiger partial charge on any atom is 0.222 e. The van der Waals surface area contributed by atoms with Gasteiger partial charge in [0, 0.05) is 50.4 Å². The van der Waals surface area contributed by atoms with Crippen LogP contribution in [0.2, 0.25) is 0 Å². The van der Waals surface area contributed by atoms with E-state index in [0.717, 1.165) is 32.6 Å². The lowest BCUT2D eigenvalue weighted by atomic mass is 10.2. The second kappa shape index (κ2) is 7.75. The van der Waals surface area contributed by atoms with Crippen LogP contribution in [0.25, 0.3) is 10.9 Å². The van der Waals surface area contributed by atoms with Crippen molar-refractivity contribution in [3.05, 3.63) is 72.4 Å². The second-order valence-electron chi connectivity index (χ2n) is 7.09. The molecule has 0 radical (unpaired) electrons. The number of nitrogens with zero attached hydrogens (tertiary/aromatic N) is 2. The number of rotatable bonds is 6. The van der Waals surface area contributed by atoms with Gasteiger partial charge in [-0.2, -0.15) is 0 Å². The van der Waals surface area contributed by atoms with Crippen LogP contribution in [0.3, 0.4) is 0 Å². The minimum Gasteiger partial charge on any atom is -0.352 e. The number of nitrogens with one attached hydrogen (secondary N) is 1. The van der Waals surface area contributed by atoms with Crippen LogP contribution in [0.5, 0.6) is 0 Å². The first-order chi connectivity index (χ1) is 12.8. The SMILES string of the molecule is O=C(CCn1ccc2ccccc21)NC1CCN(Cc2ccccc2)C1. The molecule has 1 atom stereocenters. The van der Waals surface area contributed by atoms with Gasteiger partial charge >= 0.3 is 0 Å². The van der Waals surface area contributed by atoms with E-state index in [-0.39, 0.29) is 11.9 Å². The number of amides is 1. The fourth-order valence-corrected chi connectivity index (χ4v) is 3.79. The summed E-state index contributed by atoms with van der Waals surface area (Å²) >= 11 is 0. The first kappa shape index (κ1) is 16.9. The summed E-state index contributed by atoms with van der Waals surface area (Å²) in [6.45, 7) is 3.66. The Morgan fingerprint density at radius 3 is 2.73 bits per heavy atom.